The van der Waals surface area contributed by atoms with E-state index in [0.717, 1.165) is 21.8 Å². The maximum Gasteiger partial charge on any atom is 0.252 e. The first-order chi connectivity index (χ1) is 10.4. The predicted octanol–water partition coefficient (Wildman–Crippen LogP) is 1.60. The molecule has 0 radical (unpaired) electrons. The Labute approximate surface area is 133 Å². The molecular formula is C14H17N3O3S2. The largest absolute Gasteiger partial charge is 0.351 e. The average Bonchev–Trinajstić information content (AvgIpc) is 2.95. The van der Waals surface area contributed by atoms with Gasteiger partial charge in [-0.3, -0.25) is 9.78 Å². The number of aromatic nitrogens is 1. The number of pyridine rings is 1. The van der Waals surface area contributed by atoms with Crippen LogP contribution in [0.5, 0.6) is 0 Å². The number of amides is 1. The lowest BCUT2D eigenvalue weighted by Crippen LogP contribution is -2.25. The van der Waals surface area contributed by atoms with E-state index in [9.17, 15) is 13.2 Å². The highest BCUT2D eigenvalue weighted by atomic mass is 32.2. The molecule has 0 atom stereocenters. The molecule has 0 fully saturated rings. The average molecular weight is 339 g/mol. The van der Waals surface area contributed by atoms with Gasteiger partial charge in [-0.2, -0.15) is 4.31 Å². The van der Waals surface area contributed by atoms with E-state index in [2.05, 4.69) is 10.3 Å². The summed E-state index contributed by atoms with van der Waals surface area (Å²) in [4.78, 5) is 15.6. The molecule has 0 aliphatic rings. The van der Waals surface area contributed by atoms with E-state index in [1.807, 2.05) is 0 Å². The molecule has 1 amide bonds. The van der Waals surface area contributed by atoms with Crippen LogP contribution >= 0.6 is 11.3 Å². The van der Waals surface area contributed by atoms with Crippen molar-refractivity contribution in [3.8, 4) is 0 Å². The van der Waals surface area contributed by atoms with E-state index in [1.165, 1.54) is 11.2 Å². The number of nitrogens with one attached hydrogen (secondary N) is 1. The van der Waals surface area contributed by atoms with Gasteiger partial charge in [0, 0.05) is 37.8 Å². The summed E-state index contributed by atoms with van der Waals surface area (Å²) < 4.78 is 26.6. The minimum atomic E-state index is -3.54. The minimum Gasteiger partial charge on any atom is -0.351 e. The van der Waals surface area contributed by atoms with Gasteiger partial charge in [0.25, 0.3) is 10.0 Å². The van der Waals surface area contributed by atoms with E-state index >= 15 is 0 Å². The summed E-state index contributed by atoms with van der Waals surface area (Å²) >= 11 is 1.16. The fraction of sp³-hybridized carbons (Fsp3) is 0.286. The molecule has 118 valence electrons. The van der Waals surface area contributed by atoms with Crippen molar-refractivity contribution in [2.24, 2.45) is 0 Å². The Bertz CT molecular complexity index is 742. The summed E-state index contributed by atoms with van der Waals surface area (Å²) in [5, 5.41) is 2.65. The fourth-order valence-electron chi connectivity index (χ4n) is 1.79. The number of carbonyl (C=O) groups is 1. The van der Waals surface area contributed by atoms with Crippen LogP contribution in [0.3, 0.4) is 0 Å². The number of hydrogen-bond donors (Lipinski definition) is 1. The first-order valence-electron chi connectivity index (χ1n) is 6.58. The van der Waals surface area contributed by atoms with Gasteiger partial charge < -0.3 is 5.32 Å². The van der Waals surface area contributed by atoms with Crippen LogP contribution in [0.15, 0.2) is 40.9 Å². The van der Waals surface area contributed by atoms with Crippen molar-refractivity contribution < 1.29 is 13.2 Å². The molecule has 2 aromatic rings. The third kappa shape index (κ3) is 4.12. The van der Waals surface area contributed by atoms with Crippen LogP contribution in [0.1, 0.15) is 17.4 Å². The molecule has 2 rings (SSSR count). The SMILES string of the molecule is CC(=O)NCc1ccc(S(=O)(=O)N(C)Cc2ccncc2)s1. The molecule has 2 heterocycles. The lowest BCUT2D eigenvalue weighted by atomic mass is 10.3. The van der Waals surface area contributed by atoms with Gasteiger partial charge in [0.1, 0.15) is 4.21 Å². The number of hydrogen-bond acceptors (Lipinski definition) is 5. The summed E-state index contributed by atoms with van der Waals surface area (Å²) in [6, 6.07) is 6.85. The molecule has 0 bridgehead atoms. The predicted molar refractivity (Wildman–Crippen MR) is 84.7 cm³/mol. The van der Waals surface area contributed by atoms with E-state index in [-0.39, 0.29) is 16.7 Å². The third-order valence-corrected chi connectivity index (χ3v) is 6.32. The number of sulfonamides is 1. The van der Waals surface area contributed by atoms with Gasteiger partial charge in [-0.15, -0.1) is 11.3 Å². The number of thiophene rings is 1. The Morgan fingerprint density at radius 3 is 2.59 bits per heavy atom. The van der Waals surface area contributed by atoms with Gasteiger partial charge >= 0.3 is 0 Å². The van der Waals surface area contributed by atoms with Crippen molar-refractivity contribution in [3.63, 3.8) is 0 Å². The van der Waals surface area contributed by atoms with Gasteiger partial charge in [0.2, 0.25) is 5.91 Å². The molecule has 1 N–H and O–H groups in total. The van der Waals surface area contributed by atoms with Crippen LogP contribution < -0.4 is 5.32 Å². The molecule has 0 aromatic carbocycles. The highest BCUT2D eigenvalue weighted by molar-refractivity contribution is 7.91. The zero-order valence-electron chi connectivity index (χ0n) is 12.3. The Morgan fingerprint density at radius 1 is 1.27 bits per heavy atom. The van der Waals surface area contributed by atoms with Crippen LogP contribution in [-0.4, -0.2) is 30.7 Å². The Balaban J connectivity index is 2.10. The van der Waals surface area contributed by atoms with E-state index in [1.54, 1.807) is 43.7 Å². The summed E-state index contributed by atoms with van der Waals surface area (Å²) in [7, 11) is -1.99. The molecule has 6 nitrogen and oxygen atoms in total. The van der Waals surface area contributed by atoms with Crippen molar-refractivity contribution in [1.82, 2.24) is 14.6 Å². The molecule has 0 saturated heterocycles. The molecule has 8 heteroatoms. The lowest BCUT2D eigenvalue weighted by Gasteiger charge is -2.15. The molecule has 22 heavy (non-hydrogen) atoms. The highest BCUT2D eigenvalue weighted by Crippen LogP contribution is 2.25. The van der Waals surface area contributed by atoms with Gasteiger partial charge in [0.15, 0.2) is 0 Å². The van der Waals surface area contributed by atoms with Crippen LogP contribution in [-0.2, 0) is 27.9 Å². The summed E-state index contributed by atoms with van der Waals surface area (Å²) in [5.41, 5.74) is 0.871. The Kier molecular flexibility index (Phi) is 5.28. The van der Waals surface area contributed by atoms with Crippen molar-refractivity contribution in [2.45, 2.75) is 24.2 Å². The number of rotatable bonds is 6. The standard InChI is InChI=1S/C14H17N3O3S2/c1-11(18)16-9-13-3-4-14(21-13)22(19,20)17(2)10-12-5-7-15-8-6-12/h3-8H,9-10H2,1-2H3,(H,16,18). The van der Waals surface area contributed by atoms with Crippen LogP contribution in [0, 0.1) is 0 Å². The van der Waals surface area contributed by atoms with Crippen LogP contribution in [0.4, 0.5) is 0 Å². The van der Waals surface area contributed by atoms with E-state index in [0.29, 0.717) is 6.54 Å². The van der Waals surface area contributed by atoms with Crippen molar-refractivity contribution in [2.75, 3.05) is 7.05 Å². The second kappa shape index (κ2) is 6.99. The minimum absolute atomic E-state index is 0.146. The summed E-state index contributed by atoms with van der Waals surface area (Å²) in [5.74, 6) is -0.146. The molecule has 0 aliphatic carbocycles. The number of nitrogens with zero attached hydrogens (tertiary/aromatic N) is 2. The molecule has 0 saturated carbocycles. The van der Waals surface area contributed by atoms with Crippen LogP contribution in [0.25, 0.3) is 0 Å². The molecular weight excluding hydrogens is 322 g/mol. The lowest BCUT2D eigenvalue weighted by molar-refractivity contribution is -0.119. The van der Waals surface area contributed by atoms with Gasteiger partial charge in [-0.05, 0) is 29.8 Å². The van der Waals surface area contributed by atoms with Gasteiger partial charge in [-0.25, -0.2) is 8.42 Å². The smallest absolute Gasteiger partial charge is 0.252 e. The van der Waals surface area contributed by atoms with Gasteiger partial charge in [-0.1, -0.05) is 0 Å². The molecule has 0 aliphatic heterocycles. The van der Waals surface area contributed by atoms with E-state index in [4.69, 9.17) is 0 Å². The zero-order valence-corrected chi connectivity index (χ0v) is 13.9. The van der Waals surface area contributed by atoms with Crippen molar-refractivity contribution in [1.29, 1.82) is 0 Å². The summed E-state index contributed by atoms with van der Waals surface area (Å²) in [6.07, 6.45) is 3.26. The second-order valence-electron chi connectivity index (χ2n) is 4.75. The maximum absolute atomic E-state index is 12.5. The normalized spacial score (nSPS) is 11.6. The van der Waals surface area contributed by atoms with Crippen molar-refractivity contribution >= 4 is 27.3 Å². The zero-order chi connectivity index (χ0) is 16.2. The Hall–Kier alpha value is -1.77. The molecule has 0 spiro atoms. The quantitative estimate of drug-likeness (QED) is 0.867. The van der Waals surface area contributed by atoms with Crippen LogP contribution in [0.2, 0.25) is 0 Å². The monoisotopic (exact) mass is 339 g/mol. The van der Waals surface area contributed by atoms with E-state index < -0.39 is 10.0 Å². The first kappa shape index (κ1) is 16.6. The highest BCUT2D eigenvalue weighted by Gasteiger charge is 2.23. The summed E-state index contributed by atoms with van der Waals surface area (Å²) in [6.45, 7) is 2.04. The maximum atomic E-state index is 12.5. The number of carbonyl (C=O) groups excluding carboxylic acids is 1. The van der Waals surface area contributed by atoms with Crippen molar-refractivity contribution in [3.05, 3.63) is 47.1 Å². The fourth-order valence-corrected chi connectivity index (χ4v) is 4.45. The second-order valence-corrected chi connectivity index (χ2v) is 8.19. The first-order valence-corrected chi connectivity index (χ1v) is 8.83. The Morgan fingerprint density at radius 2 is 1.95 bits per heavy atom. The van der Waals surface area contributed by atoms with Gasteiger partial charge in [0.05, 0.1) is 6.54 Å². The third-order valence-electron chi connectivity index (χ3n) is 2.97. The molecule has 2 aromatic heterocycles. The molecule has 0 unspecified atom stereocenters. The topological polar surface area (TPSA) is 79.4 Å².